The van der Waals surface area contributed by atoms with Gasteiger partial charge in [0.1, 0.15) is 4.88 Å². The molecular weight excluding hydrogens is 312 g/mol. The van der Waals surface area contributed by atoms with Gasteiger partial charge in [-0.15, -0.1) is 15.3 Å². The van der Waals surface area contributed by atoms with Gasteiger partial charge in [-0.1, -0.05) is 25.3 Å². The van der Waals surface area contributed by atoms with E-state index in [-0.39, 0.29) is 16.6 Å². The van der Waals surface area contributed by atoms with Crippen LogP contribution in [-0.4, -0.2) is 32.8 Å². The molecule has 2 N–H and O–H groups in total. The van der Waals surface area contributed by atoms with E-state index in [1.807, 2.05) is 34.6 Å². The van der Waals surface area contributed by atoms with E-state index >= 15 is 0 Å². The van der Waals surface area contributed by atoms with Gasteiger partial charge in [-0.3, -0.25) is 4.57 Å². The maximum Gasteiger partial charge on any atom is 0.273 e. The number of sulfonamides is 1. The summed E-state index contributed by atoms with van der Waals surface area (Å²) in [6.45, 7) is 9.69. The fraction of sp³-hybridized carbons (Fsp3) is 0.636. The average Bonchev–Trinajstić information content (AvgIpc) is 2.93. The van der Waals surface area contributed by atoms with Gasteiger partial charge < -0.3 is 0 Å². The van der Waals surface area contributed by atoms with Crippen LogP contribution in [0.5, 0.6) is 0 Å². The van der Waals surface area contributed by atoms with E-state index in [0.29, 0.717) is 10.7 Å². The Bertz CT molecular complexity index is 754. The van der Waals surface area contributed by atoms with Crippen LogP contribution in [0.2, 0.25) is 0 Å². The maximum atomic E-state index is 11.6. The molecular formula is C11H18N6O2S2. The number of hydrogen-bond donors (Lipinski definition) is 1. The molecule has 0 atom stereocenters. The van der Waals surface area contributed by atoms with Gasteiger partial charge in [0.25, 0.3) is 15.2 Å². The van der Waals surface area contributed by atoms with Crippen molar-refractivity contribution >= 4 is 21.6 Å². The Morgan fingerprint density at radius 2 is 1.81 bits per heavy atom. The second-order valence-electron chi connectivity index (χ2n) is 6.02. The Labute approximate surface area is 127 Å². The predicted molar refractivity (Wildman–Crippen MR) is 79.4 cm³/mol. The van der Waals surface area contributed by atoms with E-state index in [9.17, 15) is 8.42 Å². The zero-order chi connectivity index (χ0) is 16.0. The van der Waals surface area contributed by atoms with Gasteiger partial charge in [0.05, 0.1) is 5.69 Å². The Kier molecular flexibility index (Phi) is 3.89. The summed E-state index contributed by atoms with van der Waals surface area (Å²) in [4.78, 5) is 0.707. The lowest BCUT2D eigenvalue weighted by Gasteiger charge is -2.17. The molecule has 0 aliphatic carbocycles. The Morgan fingerprint density at radius 3 is 2.29 bits per heavy atom. The van der Waals surface area contributed by atoms with Crippen molar-refractivity contribution in [3.05, 3.63) is 5.69 Å². The monoisotopic (exact) mass is 330 g/mol. The standard InChI is InChI=1S/C11H18N6O2S2/c1-6(2)17-9(14-15-10(17)21(12,18)19)7-8(11(3,4)5)13-16-20-7/h6H,1-5H3,(H2,12,18,19). The van der Waals surface area contributed by atoms with Crippen molar-refractivity contribution in [3.63, 3.8) is 0 Å². The molecule has 0 aromatic carbocycles. The second kappa shape index (κ2) is 5.11. The van der Waals surface area contributed by atoms with E-state index in [0.717, 1.165) is 17.2 Å². The molecule has 0 radical (unpaired) electrons. The first-order valence-corrected chi connectivity index (χ1v) is 8.66. The average molecular weight is 330 g/mol. The molecule has 0 aliphatic heterocycles. The van der Waals surface area contributed by atoms with Crippen molar-refractivity contribution in [2.45, 2.75) is 51.2 Å². The first-order valence-electron chi connectivity index (χ1n) is 6.34. The topological polar surface area (TPSA) is 117 Å². The highest BCUT2D eigenvalue weighted by atomic mass is 32.2. The molecule has 2 aromatic rings. The minimum absolute atomic E-state index is 0.168. The van der Waals surface area contributed by atoms with Crippen LogP contribution in [-0.2, 0) is 15.4 Å². The third-order valence-electron chi connectivity index (χ3n) is 2.84. The second-order valence-corrected chi connectivity index (χ2v) is 8.22. The highest BCUT2D eigenvalue weighted by Crippen LogP contribution is 2.34. The number of aromatic nitrogens is 5. The quantitative estimate of drug-likeness (QED) is 0.907. The fourth-order valence-electron chi connectivity index (χ4n) is 1.92. The van der Waals surface area contributed by atoms with Crippen LogP contribution < -0.4 is 5.14 Å². The normalized spacial score (nSPS) is 13.1. The van der Waals surface area contributed by atoms with Gasteiger partial charge in [-0.25, -0.2) is 13.6 Å². The lowest BCUT2D eigenvalue weighted by Crippen LogP contribution is -2.20. The van der Waals surface area contributed by atoms with Gasteiger partial charge in [0.15, 0.2) is 5.82 Å². The minimum atomic E-state index is -3.94. The van der Waals surface area contributed by atoms with E-state index in [1.165, 1.54) is 4.57 Å². The smallest absolute Gasteiger partial charge is 0.273 e. The molecule has 0 amide bonds. The molecule has 0 bridgehead atoms. The number of hydrogen-bond acceptors (Lipinski definition) is 7. The molecule has 0 unspecified atom stereocenters. The number of primary sulfonamides is 1. The third-order valence-corrected chi connectivity index (χ3v) is 4.35. The zero-order valence-electron chi connectivity index (χ0n) is 12.5. The van der Waals surface area contributed by atoms with Crippen molar-refractivity contribution in [2.75, 3.05) is 0 Å². The van der Waals surface area contributed by atoms with Crippen molar-refractivity contribution < 1.29 is 8.42 Å². The summed E-state index contributed by atoms with van der Waals surface area (Å²) in [5.74, 6) is 0.425. The molecule has 8 nitrogen and oxygen atoms in total. The molecule has 2 aromatic heterocycles. The number of nitrogens with two attached hydrogens (primary N) is 1. The van der Waals surface area contributed by atoms with Crippen LogP contribution in [0.3, 0.4) is 0 Å². The van der Waals surface area contributed by atoms with Crippen molar-refractivity contribution in [2.24, 2.45) is 5.14 Å². The van der Waals surface area contributed by atoms with Crippen LogP contribution in [0.4, 0.5) is 0 Å². The van der Waals surface area contributed by atoms with E-state index in [2.05, 4.69) is 19.8 Å². The molecule has 2 rings (SSSR count). The summed E-state index contributed by atoms with van der Waals surface area (Å²) in [5.41, 5.74) is 0.514. The van der Waals surface area contributed by atoms with E-state index in [1.54, 1.807) is 0 Å². The summed E-state index contributed by atoms with van der Waals surface area (Å²) in [7, 11) is -3.94. The fourth-order valence-corrected chi connectivity index (χ4v) is 3.50. The van der Waals surface area contributed by atoms with Crippen molar-refractivity contribution in [1.29, 1.82) is 0 Å². The van der Waals surface area contributed by atoms with Gasteiger partial charge in [0, 0.05) is 11.5 Å². The Morgan fingerprint density at radius 1 is 1.19 bits per heavy atom. The molecule has 0 spiro atoms. The maximum absolute atomic E-state index is 11.6. The molecule has 2 heterocycles. The lowest BCUT2D eigenvalue weighted by atomic mass is 9.91. The highest BCUT2D eigenvalue weighted by Gasteiger charge is 2.30. The van der Waals surface area contributed by atoms with Crippen LogP contribution in [0.25, 0.3) is 10.7 Å². The van der Waals surface area contributed by atoms with Crippen LogP contribution in [0, 0.1) is 0 Å². The first-order chi connectivity index (χ1) is 9.53. The molecule has 116 valence electrons. The van der Waals surface area contributed by atoms with E-state index in [4.69, 9.17) is 5.14 Å². The van der Waals surface area contributed by atoms with Gasteiger partial charge in [-0.05, 0) is 25.4 Å². The molecule has 0 fully saturated rings. The van der Waals surface area contributed by atoms with Crippen LogP contribution in [0.1, 0.15) is 46.4 Å². The minimum Gasteiger partial charge on any atom is -0.293 e. The SMILES string of the molecule is CC(C)n1c(-c2snnc2C(C)(C)C)nnc1S(N)(=O)=O. The number of rotatable bonds is 3. The molecule has 10 heteroatoms. The van der Waals surface area contributed by atoms with Crippen molar-refractivity contribution in [3.8, 4) is 10.7 Å². The molecule has 0 saturated heterocycles. The molecule has 21 heavy (non-hydrogen) atoms. The molecule has 0 saturated carbocycles. The van der Waals surface area contributed by atoms with Crippen molar-refractivity contribution in [1.82, 2.24) is 24.4 Å². The first kappa shape index (κ1) is 16.0. The van der Waals surface area contributed by atoms with Crippen LogP contribution >= 0.6 is 11.5 Å². The van der Waals surface area contributed by atoms with E-state index < -0.39 is 10.0 Å². The summed E-state index contributed by atoms with van der Waals surface area (Å²) in [6, 6.07) is -0.168. The van der Waals surface area contributed by atoms with Gasteiger partial charge in [0.2, 0.25) is 0 Å². The summed E-state index contributed by atoms with van der Waals surface area (Å²) in [5, 5.41) is 16.8. The largest absolute Gasteiger partial charge is 0.293 e. The summed E-state index contributed by atoms with van der Waals surface area (Å²) < 4.78 is 28.8. The van der Waals surface area contributed by atoms with Gasteiger partial charge in [-0.2, -0.15) is 0 Å². The Balaban J connectivity index is 2.73. The van der Waals surface area contributed by atoms with Gasteiger partial charge >= 0.3 is 0 Å². The summed E-state index contributed by atoms with van der Waals surface area (Å²) >= 11 is 1.16. The highest BCUT2D eigenvalue weighted by molar-refractivity contribution is 7.89. The zero-order valence-corrected chi connectivity index (χ0v) is 14.2. The number of nitrogens with zero attached hydrogens (tertiary/aromatic N) is 5. The van der Waals surface area contributed by atoms with Crippen LogP contribution in [0.15, 0.2) is 5.16 Å². The predicted octanol–water partition coefficient (Wildman–Crippen LogP) is 1.32. The molecule has 0 aliphatic rings. The third kappa shape index (κ3) is 2.97. The Hall–Kier alpha value is -1.39. The lowest BCUT2D eigenvalue weighted by molar-refractivity contribution is 0.523. The summed E-state index contributed by atoms with van der Waals surface area (Å²) in [6.07, 6.45) is 0.